The summed E-state index contributed by atoms with van der Waals surface area (Å²) >= 11 is 0. The van der Waals surface area contributed by atoms with Crippen LogP contribution in [0.2, 0.25) is 0 Å². The predicted octanol–water partition coefficient (Wildman–Crippen LogP) is 1.59. The molecule has 1 aromatic carbocycles. The minimum atomic E-state index is -0.0811. The molecule has 1 fully saturated rings. The molecule has 1 heterocycles. The number of benzene rings is 1. The first-order chi connectivity index (χ1) is 11.6. The van der Waals surface area contributed by atoms with Gasteiger partial charge in [-0.15, -0.1) is 0 Å². The number of nitrogens with zero attached hydrogens (tertiary/aromatic N) is 2. The molecule has 5 nitrogen and oxygen atoms in total. The van der Waals surface area contributed by atoms with Gasteiger partial charge in [-0.1, -0.05) is 37.3 Å². The van der Waals surface area contributed by atoms with E-state index in [1.54, 1.807) is 0 Å². The number of hydrogen-bond acceptors (Lipinski definition) is 4. The molecular formula is C19H31N3O2. The summed E-state index contributed by atoms with van der Waals surface area (Å²) in [5.74, 6) is 0.120. The molecule has 0 radical (unpaired) electrons. The lowest BCUT2D eigenvalue weighted by molar-refractivity contribution is -0.136. The van der Waals surface area contributed by atoms with E-state index in [2.05, 4.69) is 29.3 Å². The topological polar surface area (TPSA) is 44.8 Å². The summed E-state index contributed by atoms with van der Waals surface area (Å²) in [5.41, 5.74) is 1.17. The van der Waals surface area contributed by atoms with E-state index in [1.165, 1.54) is 5.56 Å². The molecule has 0 saturated carbocycles. The van der Waals surface area contributed by atoms with Crippen molar-refractivity contribution in [3.63, 3.8) is 0 Å². The second kappa shape index (κ2) is 9.77. The van der Waals surface area contributed by atoms with E-state index in [0.717, 1.165) is 26.1 Å². The maximum atomic E-state index is 13.1. The van der Waals surface area contributed by atoms with Crippen LogP contribution in [-0.4, -0.2) is 68.7 Å². The van der Waals surface area contributed by atoms with Crippen molar-refractivity contribution in [1.82, 2.24) is 15.1 Å². The van der Waals surface area contributed by atoms with Crippen LogP contribution < -0.4 is 5.32 Å². The van der Waals surface area contributed by atoms with Crippen LogP contribution in [0.1, 0.15) is 18.9 Å². The molecule has 0 spiro atoms. The first kappa shape index (κ1) is 18.9. The predicted molar refractivity (Wildman–Crippen MR) is 96.8 cm³/mol. The maximum Gasteiger partial charge on any atom is 0.230 e. The van der Waals surface area contributed by atoms with Crippen molar-refractivity contribution in [2.24, 2.45) is 5.92 Å². The highest BCUT2D eigenvalue weighted by Crippen LogP contribution is 2.18. The summed E-state index contributed by atoms with van der Waals surface area (Å²) in [5, 5.41) is 3.46. The Labute approximate surface area is 146 Å². The van der Waals surface area contributed by atoms with Gasteiger partial charge < -0.3 is 19.9 Å². The average Bonchev–Trinajstić information content (AvgIpc) is 3.05. The first-order valence-electron chi connectivity index (χ1n) is 8.90. The molecule has 0 bridgehead atoms. The van der Waals surface area contributed by atoms with Crippen LogP contribution in [0.3, 0.4) is 0 Å². The fraction of sp³-hybridized carbons (Fsp3) is 0.632. The standard InChI is InChI=1S/C19H31N3O2/c1-4-10-20-18-15-24-14-17(18)19(23)22(12-11-21(2)3)13-16-8-6-5-7-9-16/h5-9,17-18,20H,4,10-15H2,1-3H3. The molecule has 1 saturated heterocycles. The summed E-state index contributed by atoms with van der Waals surface area (Å²) in [7, 11) is 4.07. The molecule has 1 amide bonds. The highest BCUT2D eigenvalue weighted by Gasteiger charge is 2.36. The van der Waals surface area contributed by atoms with Crippen LogP contribution in [0, 0.1) is 5.92 Å². The van der Waals surface area contributed by atoms with Crippen molar-refractivity contribution >= 4 is 5.91 Å². The van der Waals surface area contributed by atoms with Crippen LogP contribution in [-0.2, 0) is 16.1 Å². The van der Waals surface area contributed by atoms with Crippen molar-refractivity contribution in [2.75, 3.05) is 46.9 Å². The molecule has 2 atom stereocenters. The Hall–Kier alpha value is -1.43. The highest BCUT2D eigenvalue weighted by molar-refractivity contribution is 5.80. The van der Waals surface area contributed by atoms with Crippen LogP contribution in [0.4, 0.5) is 0 Å². The fourth-order valence-electron chi connectivity index (χ4n) is 2.95. The highest BCUT2D eigenvalue weighted by atomic mass is 16.5. The maximum absolute atomic E-state index is 13.1. The number of ether oxygens (including phenoxy) is 1. The van der Waals surface area contributed by atoms with E-state index >= 15 is 0 Å². The Morgan fingerprint density at radius 2 is 1.96 bits per heavy atom. The molecular weight excluding hydrogens is 302 g/mol. The third-order valence-electron chi connectivity index (χ3n) is 4.40. The van der Waals surface area contributed by atoms with Gasteiger partial charge in [-0.05, 0) is 32.6 Å². The number of hydrogen-bond donors (Lipinski definition) is 1. The van der Waals surface area contributed by atoms with Gasteiger partial charge in [0.25, 0.3) is 0 Å². The molecule has 1 aromatic rings. The minimum absolute atomic E-state index is 0.0811. The number of carbonyl (C=O) groups excluding carboxylic acids is 1. The largest absolute Gasteiger partial charge is 0.379 e. The van der Waals surface area contributed by atoms with Gasteiger partial charge in [-0.25, -0.2) is 0 Å². The van der Waals surface area contributed by atoms with E-state index in [1.807, 2.05) is 37.2 Å². The third-order valence-corrected chi connectivity index (χ3v) is 4.40. The van der Waals surface area contributed by atoms with Gasteiger partial charge in [-0.3, -0.25) is 4.79 Å². The van der Waals surface area contributed by atoms with E-state index in [4.69, 9.17) is 4.74 Å². The SMILES string of the molecule is CCCNC1COCC1C(=O)N(CCN(C)C)Cc1ccccc1. The smallest absolute Gasteiger partial charge is 0.230 e. The molecule has 1 aliphatic heterocycles. The third kappa shape index (κ3) is 5.58. The van der Waals surface area contributed by atoms with Crippen molar-refractivity contribution in [3.05, 3.63) is 35.9 Å². The Morgan fingerprint density at radius 1 is 1.21 bits per heavy atom. The second-order valence-electron chi connectivity index (χ2n) is 6.75. The Morgan fingerprint density at radius 3 is 2.62 bits per heavy atom. The van der Waals surface area contributed by atoms with Gasteiger partial charge in [0.05, 0.1) is 19.1 Å². The number of nitrogens with one attached hydrogen (secondary N) is 1. The lowest BCUT2D eigenvalue weighted by Crippen LogP contribution is -2.47. The zero-order valence-corrected chi connectivity index (χ0v) is 15.2. The summed E-state index contributed by atoms with van der Waals surface area (Å²) in [4.78, 5) is 17.2. The first-order valence-corrected chi connectivity index (χ1v) is 8.90. The van der Waals surface area contributed by atoms with Gasteiger partial charge in [0.2, 0.25) is 5.91 Å². The molecule has 2 unspecified atom stereocenters. The van der Waals surface area contributed by atoms with E-state index in [0.29, 0.717) is 19.8 Å². The molecule has 1 N–H and O–H groups in total. The van der Waals surface area contributed by atoms with Crippen LogP contribution in [0.5, 0.6) is 0 Å². The van der Waals surface area contributed by atoms with Gasteiger partial charge in [0, 0.05) is 25.7 Å². The van der Waals surface area contributed by atoms with Crippen LogP contribution in [0.15, 0.2) is 30.3 Å². The number of likely N-dealkylation sites (N-methyl/N-ethyl adjacent to an activating group) is 1. The lowest BCUT2D eigenvalue weighted by Gasteiger charge is -2.29. The molecule has 0 aliphatic carbocycles. The van der Waals surface area contributed by atoms with Crippen molar-refractivity contribution < 1.29 is 9.53 Å². The molecule has 1 aliphatic rings. The molecule has 2 rings (SSSR count). The molecule has 5 heteroatoms. The van der Waals surface area contributed by atoms with Crippen molar-refractivity contribution in [1.29, 1.82) is 0 Å². The van der Waals surface area contributed by atoms with Gasteiger partial charge >= 0.3 is 0 Å². The molecule has 0 aromatic heterocycles. The van der Waals surface area contributed by atoms with E-state index in [9.17, 15) is 4.79 Å². The van der Waals surface area contributed by atoms with Crippen LogP contribution in [0.25, 0.3) is 0 Å². The van der Waals surface area contributed by atoms with Crippen LogP contribution >= 0.6 is 0 Å². The monoisotopic (exact) mass is 333 g/mol. The molecule has 24 heavy (non-hydrogen) atoms. The zero-order valence-electron chi connectivity index (χ0n) is 15.2. The summed E-state index contributed by atoms with van der Waals surface area (Å²) < 4.78 is 5.59. The van der Waals surface area contributed by atoms with Crippen molar-refractivity contribution in [3.8, 4) is 0 Å². The Kier molecular flexibility index (Phi) is 7.69. The summed E-state index contributed by atoms with van der Waals surface area (Å²) in [6, 6.07) is 10.3. The zero-order chi connectivity index (χ0) is 17.4. The van der Waals surface area contributed by atoms with E-state index in [-0.39, 0.29) is 17.9 Å². The number of rotatable bonds is 9. The normalized spacial score (nSPS) is 20.5. The fourth-order valence-corrected chi connectivity index (χ4v) is 2.95. The summed E-state index contributed by atoms with van der Waals surface area (Å²) in [6.07, 6.45) is 1.06. The van der Waals surface area contributed by atoms with Gasteiger partial charge in [0.15, 0.2) is 0 Å². The average molecular weight is 333 g/mol. The van der Waals surface area contributed by atoms with Gasteiger partial charge in [-0.2, -0.15) is 0 Å². The minimum Gasteiger partial charge on any atom is -0.379 e. The molecule has 134 valence electrons. The number of amides is 1. The Balaban J connectivity index is 2.05. The quantitative estimate of drug-likeness (QED) is 0.745. The van der Waals surface area contributed by atoms with E-state index < -0.39 is 0 Å². The number of carbonyl (C=O) groups is 1. The van der Waals surface area contributed by atoms with Crippen molar-refractivity contribution in [2.45, 2.75) is 25.9 Å². The second-order valence-corrected chi connectivity index (χ2v) is 6.75. The summed E-state index contributed by atoms with van der Waals surface area (Å²) in [6.45, 7) is 6.46. The van der Waals surface area contributed by atoms with Gasteiger partial charge in [0.1, 0.15) is 0 Å². The lowest BCUT2D eigenvalue weighted by atomic mass is 10.0. The Bertz CT molecular complexity index is 493.